The molecule has 8 nitrogen and oxygen atoms in total. The lowest BCUT2D eigenvalue weighted by molar-refractivity contribution is -0.127. The lowest BCUT2D eigenvalue weighted by Gasteiger charge is -2.19. The summed E-state index contributed by atoms with van der Waals surface area (Å²) in [6, 6.07) is 0. The number of nitrogens with two attached hydrogens (primary N) is 1. The number of nitrogens with one attached hydrogen (secondary N) is 1. The molecule has 1 aromatic heterocycles. The van der Waals surface area contributed by atoms with Gasteiger partial charge < -0.3 is 20.9 Å². The first-order valence-corrected chi connectivity index (χ1v) is 6.76. The van der Waals surface area contributed by atoms with E-state index in [1.165, 1.54) is 0 Å². The van der Waals surface area contributed by atoms with Gasteiger partial charge in [-0.15, -0.1) is 0 Å². The van der Waals surface area contributed by atoms with Gasteiger partial charge in [0.2, 0.25) is 23.8 Å². The zero-order valence-electron chi connectivity index (χ0n) is 12.6. The Morgan fingerprint density at radius 1 is 1.15 bits per heavy atom. The van der Waals surface area contributed by atoms with Crippen LogP contribution in [0, 0.1) is 0 Å². The van der Waals surface area contributed by atoms with Gasteiger partial charge in [-0.2, -0.15) is 15.0 Å². The first kappa shape index (κ1) is 15.9. The predicted molar refractivity (Wildman–Crippen MR) is 79.6 cm³/mol. The molecule has 0 unspecified atom stereocenters. The summed E-state index contributed by atoms with van der Waals surface area (Å²) in [5.74, 6) is 0.940. The number of carbonyl (C=O) groups excluding carboxylic acids is 1. The van der Waals surface area contributed by atoms with Crippen LogP contribution in [0.1, 0.15) is 20.8 Å². The van der Waals surface area contributed by atoms with Crippen LogP contribution in [-0.2, 0) is 4.79 Å². The van der Waals surface area contributed by atoms with Gasteiger partial charge in [0.1, 0.15) is 0 Å². The Morgan fingerprint density at radius 3 is 2.35 bits per heavy atom. The summed E-state index contributed by atoms with van der Waals surface area (Å²) in [5, 5.41) is 2.88. The summed E-state index contributed by atoms with van der Waals surface area (Å²) in [7, 11) is 1.74. The zero-order chi connectivity index (χ0) is 15.1. The monoisotopic (exact) mass is 281 g/mol. The number of nitrogen functional groups attached to an aromatic ring is 1. The average molecular weight is 281 g/mol. The highest BCUT2D eigenvalue weighted by Crippen LogP contribution is 2.11. The van der Waals surface area contributed by atoms with Gasteiger partial charge in [-0.3, -0.25) is 4.79 Å². The molecule has 0 aliphatic carbocycles. The topological polar surface area (TPSA) is 100 Å². The third-order valence-corrected chi connectivity index (χ3v) is 2.99. The summed E-state index contributed by atoms with van der Waals surface area (Å²) in [4.78, 5) is 27.7. The van der Waals surface area contributed by atoms with Crippen LogP contribution < -0.4 is 16.0 Å². The molecule has 1 amide bonds. The van der Waals surface area contributed by atoms with E-state index in [0.717, 1.165) is 13.1 Å². The molecular weight excluding hydrogens is 258 g/mol. The van der Waals surface area contributed by atoms with Gasteiger partial charge in [0.05, 0.1) is 6.54 Å². The van der Waals surface area contributed by atoms with E-state index >= 15 is 0 Å². The van der Waals surface area contributed by atoms with Crippen molar-refractivity contribution in [2.45, 2.75) is 20.8 Å². The standard InChI is InChI=1S/C12H23N7O/c1-5-18(4)9(20)8-14-11-15-10(13)16-12(17-11)19(6-2)7-3/h5-8H2,1-4H3,(H3,13,14,15,16,17). The Hall–Kier alpha value is -2.12. The summed E-state index contributed by atoms with van der Waals surface area (Å²) in [6.07, 6.45) is 0. The fraction of sp³-hybridized carbons (Fsp3) is 0.667. The van der Waals surface area contributed by atoms with Crippen molar-refractivity contribution >= 4 is 23.8 Å². The normalized spacial score (nSPS) is 10.2. The van der Waals surface area contributed by atoms with Gasteiger partial charge in [-0.25, -0.2) is 0 Å². The maximum atomic E-state index is 11.7. The van der Waals surface area contributed by atoms with Crippen LogP contribution in [-0.4, -0.2) is 59.0 Å². The highest BCUT2D eigenvalue weighted by Gasteiger charge is 2.11. The van der Waals surface area contributed by atoms with E-state index in [0.29, 0.717) is 18.4 Å². The molecule has 1 aromatic rings. The fourth-order valence-electron chi connectivity index (χ4n) is 1.57. The largest absolute Gasteiger partial charge is 0.368 e. The number of likely N-dealkylation sites (N-methyl/N-ethyl adjacent to an activating group) is 1. The van der Waals surface area contributed by atoms with Crippen LogP contribution in [0.3, 0.4) is 0 Å². The number of aromatic nitrogens is 3. The molecule has 20 heavy (non-hydrogen) atoms. The van der Waals surface area contributed by atoms with Crippen molar-refractivity contribution < 1.29 is 4.79 Å². The van der Waals surface area contributed by atoms with Crippen molar-refractivity contribution in [3.8, 4) is 0 Å². The van der Waals surface area contributed by atoms with Gasteiger partial charge in [-0.1, -0.05) is 0 Å². The number of amides is 1. The van der Waals surface area contributed by atoms with E-state index in [9.17, 15) is 4.79 Å². The molecule has 0 fully saturated rings. The second-order valence-electron chi connectivity index (χ2n) is 4.25. The Labute approximate surface area is 119 Å². The number of carbonyl (C=O) groups is 1. The highest BCUT2D eigenvalue weighted by molar-refractivity contribution is 5.80. The fourth-order valence-corrected chi connectivity index (χ4v) is 1.57. The van der Waals surface area contributed by atoms with Crippen LogP contribution in [0.5, 0.6) is 0 Å². The summed E-state index contributed by atoms with van der Waals surface area (Å²) >= 11 is 0. The van der Waals surface area contributed by atoms with Crippen molar-refractivity contribution in [1.29, 1.82) is 0 Å². The number of rotatable bonds is 7. The maximum Gasteiger partial charge on any atom is 0.241 e. The van der Waals surface area contributed by atoms with E-state index in [1.54, 1.807) is 11.9 Å². The Balaban J connectivity index is 2.78. The van der Waals surface area contributed by atoms with Gasteiger partial charge in [0.25, 0.3) is 0 Å². The molecule has 0 aliphatic heterocycles. The summed E-state index contributed by atoms with van der Waals surface area (Å²) < 4.78 is 0. The molecule has 0 saturated heterocycles. The molecule has 0 bridgehead atoms. The first-order valence-electron chi connectivity index (χ1n) is 6.76. The molecule has 0 saturated carbocycles. The number of nitrogens with zero attached hydrogens (tertiary/aromatic N) is 5. The predicted octanol–water partition coefficient (Wildman–Crippen LogP) is 0.190. The molecule has 1 heterocycles. The molecule has 112 valence electrons. The van der Waals surface area contributed by atoms with Crippen molar-refractivity contribution in [1.82, 2.24) is 19.9 Å². The molecule has 0 aromatic carbocycles. The van der Waals surface area contributed by atoms with Crippen LogP contribution in [0.15, 0.2) is 0 Å². The number of hydrogen-bond acceptors (Lipinski definition) is 7. The molecule has 0 spiro atoms. The zero-order valence-corrected chi connectivity index (χ0v) is 12.6. The highest BCUT2D eigenvalue weighted by atomic mass is 16.2. The number of anilines is 3. The third-order valence-electron chi connectivity index (χ3n) is 2.99. The lowest BCUT2D eigenvalue weighted by Crippen LogP contribution is -2.32. The van der Waals surface area contributed by atoms with Gasteiger partial charge in [-0.05, 0) is 20.8 Å². The minimum atomic E-state index is -0.0316. The Kier molecular flexibility index (Phi) is 5.95. The SMILES string of the molecule is CCN(C)C(=O)CNc1nc(N)nc(N(CC)CC)n1. The molecule has 0 radical (unpaired) electrons. The maximum absolute atomic E-state index is 11.7. The molecule has 0 aliphatic rings. The van der Waals surface area contributed by atoms with Crippen molar-refractivity contribution in [2.24, 2.45) is 0 Å². The molecule has 0 atom stereocenters. The average Bonchev–Trinajstić information content (AvgIpc) is 2.44. The molecule has 8 heteroatoms. The van der Waals surface area contributed by atoms with E-state index in [1.807, 2.05) is 25.7 Å². The minimum absolute atomic E-state index is 0.0316. The second kappa shape index (κ2) is 7.46. The quantitative estimate of drug-likeness (QED) is 0.735. The van der Waals surface area contributed by atoms with E-state index in [-0.39, 0.29) is 18.4 Å². The van der Waals surface area contributed by atoms with Gasteiger partial charge >= 0.3 is 0 Å². The van der Waals surface area contributed by atoms with E-state index in [2.05, 4.69) is 20.3 Å². The van der Waals surface area contributed by atoms with Gasteiger partial charge in [0, 0.05) is 26.7 Å². The van der Waals surface area contributed by atoms with E-state index < -0.39 is 0 Å². The molecular formula is C12H23N7O. The Bertz CT molecular complexity index is 447. The minimum Gasteiger partial charge on any atom is -0.368 e. The first-order chi connectivity index (χ1) is 9.51. The van der Waals surface area contributed by atoms with Crippen LogP contribution >= 0.6 is 0 Å². The summed E-state index contributed by atoms with van der Waals surface area (Å²) in [5.41, 5.74) is 5.67. The molecule has 1 rings (SSSR count). The van der Waals surface area contributed by atoms with Gasteiger partial charge in [0.15, 0.2) is 0 Å². The van der Waals surface area contributed by atoms with Crippen LogP contribution in [0.2, 0.25) is 0 Å². The third kappa shape index (κ3) is 4.22. The Morgan fingerprint density at radius 2 is 1.80 bits per heavy atom. The second-order valence-corrected chi connectivity index (χ2v) is 4.25. The number of hydrogen-bond donors (Lipinski definition) is 2. The molecule has 3 N–H and O–H groups in total. The van der Waals surface area contributed by atoms with Crippen LogP contribution in [0.4, 0.5) is 17.8 Å². The summed E-state index contributed by atoms with van der Waals surface area (Å²) in [6.45, 7) is 8.27. The van der Waals surface area contributed by atoms with Crippen LogP contribution in [0.25, 0.3) is 0 Å². The van der Waals surface area contributed by atoms with E-state index in [4.69, 9.17) is 5.73 Å². The van der Waals surface area contributed by atoms with Crippen molar-refractivity contribution in [2.75, 3.05) is 49.2 Å². The van der Waals surface area contributed by atoms with Crippen molar-refractivity contribution in [3.05, 3.63) is 0 Å². The van der Waals surface area contributed by atoms with Crippen molar-refractivity contribution in [3.63, 3.8) is 0 Å². The lowest BCUT2D eigenvalue weighted by atomic mass is 10.5. The smallest absolute Gasteiger partial charge is 0.241 e.